The number of carbonyl (C=O) groups excluding carboxylic acids is 1. The zero-order valence-corrected chi connectivity index (χ0v) is 12.2. The van der Waals surface area contributed by atoms with Crippen LogP contribution in [0.3, 0.4) is 0 Å². The maximum absolute atomic E-state index is 12.3. The predicted molar refractivity (Wildman–Crippen MR) is 84.7 cm³/mol. The minimum Gasteiger partial charge on any atom is -0.359 e. The van der Waals surface area contributed by atoms with Gasteiger partial charge >= 0.3 is 0 Å². The molecule has 106 valence electrons. The number of thiocarbonyl (C=S) groups is 1. The molecule has 1 aromatic rings. The third-order valence-corrected chi connectivity index (χ3v) is 3.67. The lowest BCUT2D eigenvalue weighted by molar-refractivity contribution is 0.0691. The highest BCUT2D eigenvalue weighted by Gasteiger charge is 2.22. The highest BCUT2D eigenvalue weighted by Crippen LogP contribution is 2.08. The second-order valence-corrected chi connectivity index (χ2v) is 5.01. The molecular formula is C15H19N3OS. The van der Waals surface area contributed by atoms with Gasteiger partial charge in [-0.1, -0.05) is 24.3 Å². The van der Waals surface area contributed by atoms with Gasteiger partial charge in [0.1, 0.15) is 0 Å². The minimum atomic E-state index is 0.0928. The van der Waals surface area contributed by atoms with E-state index in [0.29, 0.717) is 19.6 Å². The molecule has 1 N–H and O–H groups in total. The molecule has 1 saturated heterocycles. The first-order valence-corrected chi connectivity index (χ1v) is 7.11. The van der Waals surface area contributed by atoms with E-state index < -0.39 is 0 Å². The number of nitrogens with zero attached hydrogens (tertiary/aromatic N) is 2. The van der Waals surface area contributed by atoms with Crippen LogP contribution in [0.2, 0.25) is 0 Å². The Morgan fingerprint density at radius 3 is 2.40 bits per heavy atom. The van der Waals surface area contributed by atoms with Gasteiger partial charge in [-0.05, 0) is 24.4 Å². The zero-order chi connectivity index (χ0) is 14.4. The second kappa shape index (κ2) is 7.05. The fourth-order valence-corrected chi connectivity index (χ4v) is 2.41. The van der Waals surface area contributed by atoms with E-state index in [-0.39, 0.29) is 5.91 Å². The third-order valence-electron chi connectivity index (χ3n) is 3.27. The normalized spacial score (nSPS) is 14.8. The van der Waals surface area contributed by atoms with Gasteiger partial charge in [0.05, 0.1) is 0 Å². The smallest absolute Gasteiger partial charge is 0.253 e. The standard InChI is InChI=1S/C15H19N3OS/c1-2-8-16-15(20)18-11-9-17(10-12-18)14(19)13-6-4-3-5-7-13/h2-7H,1,8-12H2,(H,16,20). The largest absolute Gasteiger partial charge is 0.359 e. The van der Waals surface area contributed by atoms with E-state index >= 15 is 0 Å². The number of nitrogens with one attached hydrogen (secondary N) is 1. The fourth-order valence-electron chi connectivity index (χ4n) is 2.15. The first kappa shape index (κ1) is 14.5. The number of piperazine rings is 1. The number of amides is 1. The number of rotatable bonds is 3. The molecule has 0 radical (unpaired) electrons. The number of hydrogen-bond donors (Lipinski definition) is 1. The molecule has 5 heteroatoms. The lowest BCUT2D eigenvalue weighted by atomic mass is 10.2. The molecule has 0 spiro atoms. The molecule has 1 heterocycles. The third kappa shape index (κ3) is 3.57. The summed E-state index contributed by atoms with van der Waals surface area (Å²) in [5.41, 5.74) is 0.744. The highest BCUT2D eigenvalue weighted by molar-refractivity contribution is 7.80. The molecule has 1 aromatic carbocycles. The Kier molecular flexibility index (Phi) is 5.12. The van der Waals surface area contributed by atoms with Crippen LogP contribution in [-0.4, -0.2) is 53.5 Å². The van der Waals surface area contributed by atoms with Crippen LogP contribution in [0.15, 0.2) is 43.0 Å². The van der Waals surface area contributed by atoms with Gasteiger partial charge in [-0.15, -0.1) is 6.58 Å². The van der Waals surface area contributed by atoms with E-state index in [1.54, 1.807) is 6.08 Å². The molecule has 1 amide bonds. The summed E-state index contributed by atoms with van der Waals surface area (Å²) in [7, 11) is 0. The van der Waals surface area contributed by atoms with Crippen molar-refractivity contribution in [1.29, 1.82) is 0 Å². The second-order valence-electron chi connectivity index (χ2n) is 4.62. The van der Waals surface area contributed by atoms with Crippen molar-refractivity contribution in [2.24, 2.45) is 0 Å². The van der Waals surface area contributed by atoms with Gasteiger partial charge in [-0.25, -0.2) is 0 Å². The summed E-state index contributed by atoms with van der Waals surface area (Å²) in [6.07, 6.45) is 1.78. The van der Waals surface area contributed by atoms with Crippen molar-refractivity contribution < 1.29 is 4.79 Å². The lowest BCUT2D eigenvalue weighted by Gasteiger charge is -2.36. The van der Waals surface area contributed by atoms with Crippen LogP contribution >= 0.6 is 12.2 Å². The van der Waals surface area contributed by atoms with Gasteiger partial charge in [0.15, 0.2) is 5.11 Å². The van der Waals surface area contributed by atoms with Gasteiger partial charge in [-0.2, -0.15) is 0 Å². The molecule has 2 rings (SSSR count). The Morgan fingerprint density at radius 2 is 1.80 bits per heavy atom. The van der Waals surface area contributed by atoms with Crippen molar-refractivity contribution in [2.75, 3.05) is 32.7 Å². The fraction of sp³-hybridized carbons (Fsp3) is 0.333. The van der Waals surface area contributed by atoms with E-state index in [1.807, 2.05) is 35.2 Å². The predicted octanol–water partition coefficient (Wildman–Crippen LogP) is 1.50. The van der Waals surface area contributed by atoms with Crippen molar-refractivity contribution in [2.45, 2.75) is 0 Å². The summed E-state index contributed by atoms with van der Waals surface area (Å²) in [4.78, 5) is 16.3. The minimum absolute atomic E-state index is 0.0928. The van der Waals surface area contributed by atoms with Crippen molar-refractivity contribution >= 4 is 23.2 Å². The summed E-state index contributed by atoms with van der Waals surface area (Å²) in [6.45, 7) is 7.25. The maximum atomic E-state index is 12.3. The topological polar surface area (TPSA) is 35.6 Å². The van der Waals surface area contributed by atoms with E-state index in [1.165, 1.54) is 0 Å². The van der Waals surface area contributed by atoms with Gasteiger partial charge in [-0.3, -0.25) is 4.79 Å². The molecule has 1 aliphatic rings. The summed E-state index contributed by atoms with van der Waals surface area (Å²) >= 11 is 5.30. The molecule has 4 nitrogen and oxygen atoms in total. The quantitative estimate of drug-likeness (QED) is 0.676. The van der Waals surface area contributed by atoms with Crippen LogP contribution in [0.5, 0.6) is 0 Å². The van der Waals surface area contributed by atoms with Crippen molar-refractivity contribution in [1.82, 2.24) is 15.1 Å². The SMILES string of the molecule is C=CCNC(=S)N1CCN(C(=O)c2ccccc2)CC1. The maximum Gasteiger partial charge on any atom is 0.253 e. The van der Waals surface area contributed by atoms with Crippen molar-refractivity contribution in [3.63, 3.8) is 0 Å². The Hall–Kier alpha value is -1.88. The average Bonchev–Trinajstić information content (AvgIpc) is 2.53. The first-order chi connectivity index (χ1) is 9.72. The molecule has 0 unspecified atom stereocenters. The number of hydrogen-bond acceptors (Lipinski definition) is 2. The van der Waals surface area contributed by atoms with Gasteiger partial charge < -0.3 is 15.1 Å². The highest BCUT2D eigenvalue weighted by atomic mass is 32.1. The zero-order valence-electron chi connectivity index (χ0n) is 11.4. The monoisotopic (exact) mass is 289 g/mol. The Bertz CT molecular complexity index is 481. The van der Waals surface area contributed by atoms with E-state index in [9.17, 15) is 4.79 Å². The van der Waals surface area contributed by atoms with Crippen LogP contribution in [0.4, 0.5) is 0 Å². The van der Waals surface area contributed by atoms with Crippen LogP contribution in [0.1, 0.15) is 10.4 Å². The van der Waals surface area contributed by atoms with Gasteiger partial charge in [0, 0.05) is 38.3 Å². The molecule has 20 heavy (non-hydrogen) atoms. The summed E-state index contributed by atoms with van der Waals surface area (Å²) in [6, 6.07) is 9.39. The van der Waals surface area contributed by atoms with Crippen LogP contribution in [0.25, 0.3) is 0 Å². The Labute approximate surface area is 125 Å². The number of benzene rings is 1. The van der Waals surface area contributed by atoms with Gasteiger partial charge in [0.25, 0.3) is 5.91 Å². The average molecular weight is 289 g/mol. The molecule has 0 atom stereocenters. The molecule has 0 aliphatic carbocycles. The molecule has 0 saturated carbocycles. The molecule has 1 fully saturated rings. The summed E-state index contributed by atoms with van der Waals surface area (Å²) in [5, 5.41) is 3.85. The van der Waals surface area contributed by atoms with Gasteiger partial charge in [0.2, 0.25) is 0 Å². The molecule has 0 aromatic heterocycles. The summed E-state index contributed by atoms with van der Waals surface area (Å²) in [5.74, 6) is 0.0928. The molecule has 1 aliphatic heterocycles. The lowest BCUT2D eigenvalue weighted by Crippen LogP contribution is -2.53. The van der Waals surface area contributed by atoms with Crippen molar-refractivity contribution in [3.8, 4) is 0 Å². The Balaban J connectivity index is 1.86. The van der Waals surface area contributed by atoms with E-state index in [4.69, 9.17) is 12.2 Å². The van der Waals surface area contributed by atoms with Crippen LogP contribution in [0, 0.1) is 0 Å². The first-order valence-electron chi connectivity index (χ1n) is 6.70. The Morgan fingerprint density at radius 1 is 1.20 bits per heavy atom. The molecular weight excluding hydrogens is 270 g/mol. The number of carbonyl (C=O) groups is 1. The van der Waals surface area contributed by atoms with Crippen LogP contribution in [-0.2, 0) is 0 Å². The van der Waals surface area contributed by atoms with E-state index in [0.717, 1.165) is 23.8 Å². The molecule has 0 bridgehead atoms. The van der Waals surface area contributed by atoms with E-state index in [2.05, 4.69) is 16.8 Å². The summed E-state index contributed by atoms with van der Waals surface area (Å²) < 4.78 is 0. The van der Waals surface area contributed by atoms with Crippen LogP contribution < -0.4 is 5.32 Å². The van der Waals surface area contributed by atoms with Crippen molar-refractivity contribution in [3.05, 3.63) is 48.6 Å².